The number of unbranched alkanes of at least 4 members (excludes halogenated alkanes) is 3. The van der Waals surface area contributed by atoms with Gasteiger partial charge >= 0.3 is 0 Å². The van der Waals surface area contributed by atoms with Gasteiger partial charge in [-0.15, -0.1) is 11.3 Å². The molecule has 25 heteroatoms. The second-order valence-corrected chi connectivity index (χ2v) is 24.3. The molecule has 0 aliphatic carbocycles. The number of thiazole rings is 2. The monoisotopic (exact) mass is 1230 g/mol. The molecule has 4 amide bonds. The average Bonchev–Trinajstić information content (AvgIpc) is 3.69. The molecule has 2 aliphatic heterocycles. The van der Waals surface area contributed by atoms with E-state index in [2.05, 4.69) is 46.0 Å². The number of para-hydroxylation sites is 1. The Bertz CT molecular complexity index is 2860. The van der Waals surface area contributed by atoms with Gasteiger partial charge in [0.15, 0.2) is 5.13 Å². The predicted octanol–water partition coefficient (Wildman–Crippen LogP) is 7.22. The fraction of sp³-hybridized carbons (Fsp3) is 0.567. The summed E-state index contributed by atoms with van der Waals surface area (Å²) in [5.41, 5.74) is 5.49. The van der Waals surface area contributed by atoms with Crippen molar-refractivity contribution in [1.82, 2.24) is 40.4 Å². The number of anilines is 4. The zero-order valence-corrected chi connectivity index (χ0v) is 52.2. The van der Waals surface area contributed by atoms with Crippen LogP contribution in [0.4, 0.5) is 22.5 Å². The number of likely N-dealkylation sites (tertiary alicyclic amines) is 1. The molecule has 3 atom stereocenters. The third-order valence-corrected chi connectivity index (χ3v) is 16.5. The van der Waals surface area contributed by atoms with Gasteiger partial charge in [-0.25, -0.2) is 19.9 Å². The second-order valence-electron chi connectivity index (χ2n) is 22.0. The number of amides is 4. The van der Waals surface area contributed by atoms with Crippen LogP contribution in [0.15, 0.2) is 60.2 Å². The number of ether oxygens (including phenoxy) is 6. The van der Waals surface area contributed by atoms with Crippen molar-refractivity contribution in [2.45, 2.75) is 98.4 Å². The SMILES string of the molecule is Cc1nc(Nc2ncc(C(=O)Nc3c(C)cccc3Cl)s2)cc(N2CCN(CCCCCCOCCOCCOCCOCCOCCOCC(=O)NC(C(=O)N3C[C@H](O)C[C@H]3C(=O)NCc3ccc(-c4scnc4C)cc3)C(C)(C)C)CC2)n1. The number of hydrogen-bond acceptors (Lipinski definition) is 20. The molecule has 2 aliphatic rings. The Labute approximate surface area is 512 Å². The number of halogens is 1. The maximum atomic E-state index is 13.9. The number of hydrogen-bond donors (Lipinski definition) is 5. The van der Waals surface area contributed by atoms with Crippen LogP contribution in [0.25, 0.3) is 10.4 Å². The first kappa shape index (κ1) is 66.8. The van der Waals surface area contributed by atoms with Gasteiger partial charge in [-0.3, -0.25) is 24.1 Å². The first-order valence-electron chi connectivity index (χ1n) is 29.2. The summed E-state index contributed by atoms with van der Waals surface area (Å²) in [6.07, 6.45) is 5.22. The Morgan fingerprint density at radius 2 is 1.44 bits per heavy atom. The zero-order chi connectivity index (χ0) is 60.6. The molecule has 5 heterocycles. The largest absolute Gasteiger partial charge is 0.391 e. The molecule has 5 N–H and O–H groups in total. The minimum atomic E-state index is -0.962. The first-order chi connectivity index (χ1) is 41.0. The van der Waals surface area contributed by atoms with Crippen molar-refractivity contribution >= 4 is 80.4 Å². The number of aliphatic hydroxyl groups is 1. The number of nitrogens with one attached hydrogen (secondary N) is 4. The summed E-state index contributed by atoms with van der Waals surface area (Å²) in [6, 6.07) is 13.4. The van der Waals surface area contributed by atoms with Crippen LogP contribution >= 0.6 is 34.3 Å². The highest BCUT2D eigenvalue weighted by molar-refractivity contribution is 7.17. The normalized spacial score (nSPS) is 16.0. The van der Waals surface area contributed by atoms with Crippen LogP contribution in [0.3, 0.4) is 0 Å². The van der Waals surface area contributed by atoms with Gasteiger partial charge in [0.2, 0.25) is 17.7 Å². The van der Waals surface area contributed by atoms with E-state index < -0.39 is 35.4 Å². The lowest BCUT2D eigenvalue weighted by molar-refractivity contribution is -0.144. The minimum absolute atomic E-state index is 0.0153. The van der Waals surface area contributed by atoms with Gasteiger partial charge in [0.05, 0.1) is 105 Å². The molecule has 0 spiro atoms. The van der Waals surface area contributed by atoms with E-state index in [9.17, 15) is 24.3 Å². The van der Waals surface area contributed by atoms with Crippen LogP contribution in [0.5, 0.6) is 0 Å². The molecule has 22 nitrogen and oxygen atoms in total. The molecule has 5 aromatic rings. The van der Waals surface area contributed by atoms with Crippen LogP contribution in [0.1, 0.15) is 85.2 Å². The number of β-amino-alcohol motifs (C(OH)–C–C–N with tert-alkyl or cyclic N) is 1. The lowest BCUT2D eigenvalue weighted by Gasteiger charge is -2.35. The highest BCUT2D eigenvalue weighted by Gasteiger charge is 2.44. The highest BCUT2D eigenvalue weighted by Crippen LogP contribution is 2.31. The van der Waals surface area contributed by atoms with Crippen molar-refractivity contribution < 1.29 is 52.7 Å². The lowest BCUT2D eigenvalue weighted by Crippen LogP contribution is -2.58. The van der Waals surface area contributed by atoms with Crippen molar-refractivity contribution in [3.05, 3.63) is 92.8 Å². The molecule has 1 unspecified atom stereocenters. The number of aromatic nitrogens is 4. The van der Waals surface area contributed by atoms with E-state index in [1.807, 2.05) is 89.5 Å². The Kier molecular flexibility index (Phi) is 27.1. The molecule has 2 fully saturated rings. The molecule has 2 saturated heterocycles. The van der Waals surface area contributed by atoms with E-state index in [-0.39, 0.29) is 51.1 Å². The van der Waals surface area contributed by atoms with Gasteiger partial charge < -0.3 is 64.6 Å². The molecule has 3 aromatic heterocycles. The summed E-state index contributed by atoms with van der Waals surface area (Å²) in [5, 5.41) is 23.5. The summed E-state index contributed by atoms with van der Waals surface area (Å²) in [6.45, 7) is 20.6. The quantitative estimate of drug-likeness (QED) is 0.0251. The minimum Gasteiger partial charge on any atom is -0.391 e. The third-order valence-electron chi connectivity index (χ3n) is 14.3. The number of aryl methyl sites for hydroxylation is 3. The molecule has 0 saturated carbocycles. The number of benzene rings is 2. The Balaban J connectivity index is 0.629. The maximum Gasteiger partial charge on any atom is 0.267 e. The van der Waals surface area contributed by atoms with Gasteiger partial charge in [0, 0.05) is 58.4 Å². The lowest BCUT2D eigenvalue weighted by atomic mass is 9.85. The maximum absolute atomic E-state index is 13.9. The summed E-state index contributed by atoms with van der Waals surface area (Å²) in [7, 11) is 0. The molecule has 0 radical (unpaired) electrons. The van der Waals surface area contributed by atoms with Crippen molar-refractivity contribution in [2.24, 2.45) is 5.41 Å². The smallest absolute Gasteiger partial charge is 0.267 e. The van der Waals surface area contributed by atoms with Gasteiger partial charge in [-0.1, -0.05) is 92.9 Å². The van der Waals surface area contributed by atoms with E-state index in [1.54, 1.807) is 23.6 Å². The first-order valence-corrected chi connectivity index (χ1v) is 31.2. The molecular formula is C60H84ClN11O11S2. The number of carbonyl (C=O) groups is 4. The van der Waals surface area contributed by atoms with Crippen molar-refractivity contribution in [1.29, 1.82) is 0 Å². The van der Waals surface area contributed by atoms with Crippen LogP contribution in [0.2, 0.25) is 5.02 Å². The molecule has 2 aromatic carbocycles. The summed E-state index contributed by atoms with van der Waals surface area (Å²) in [4.78, 5) is 79.0. The van der Waals surface area contributed by atoms with E-state index in [0.29, 0.717) is 91.8 Å². The number of nitrogens with zero attached hydrogens (tertiary/aromatic N) is 7. The summed E-state index contributed by atoms with van der Waals surface area (Å²) >= 11 is 9.13. The van der Waals surface area contributed by atoms with Crippen molar-refractivity contribution in [3.8, 4) is 10.4 Å². The predicted molar refractivity (Wildman–Crippen MR) is 330 cm³/mol. The van der Waals surface area contributed by atoms with Gasteiger partial charge in [0.25, 0.3) is 5.91 Å². The number of rotatable bonds is 35. The van der Waals surface area contributed by atoms with Crippen LogP contribution in [0, 0.1) is 26.2 Å². The van der Waals surface area contributed by atoms with E-state index in [4.69, 9.17) is 45.0 Å². The molecule has 464 valence electrons. The average molecular weight is 1230 g/mol. The van der Waals surface area contributed by atoms with E-state index in [1.165, 1.54) is 16.2 Å². The zero-order valence-electron chi connectivity index (χ0n) is 49.8. The Hall–Kier alpha value is -5.77. The Morgan fingerprint density at radius 1 is 0.788 bits per heavy atom. The summed E-state index contributed by atoms with van der Waals surface area (Å²) in [5.74, 6) is 0.585. The van der Waals surface area contributed by atoms with Crippen molar-refractivity contribution in [2.75, 3.05) is 134 Å². The third kappa shape index (κ3) is 21.9. The topological polar surface area (TPSA) is 253 Å². The molecular weight excluding hydrogens is 1150 g/mol. The molecule has 7 rings (SSSR count). The number of piperazine rings is 1. The molecule has 0 bridgehead atoms. The Morgan fingerprint density at radius 3 is 2.07 bits per heavy atom. The van der Waals surface area contributed by atoms with Gasteiger partial charge in [0.1, 0.15) is 41.0 Å². The number of carbonyl (C=O) groups excluding carboxylic acids is 4. The van der Waals surface area contributed by atoms with Crippen molar-refractivity contribution in [3.63, 3.8) is 0 Å². The van der Waals surface area contributed by atoms with Crippen LogP contribution in [-0.4, -0.2) is 195 Å². The van der Waals surface area contributed by atoms with Gasteiger partial charge in [-0.2, -0.15) is 0 Å². The number of aliphatic hydroxyl groups excluding tert-OH is 1. The van der Waals surface area contributed by atoms with Gasteiger partial charge in [-0.05, 0) is 68.3 Å². The molecule has 85 heavy (non-hydrogen) atoms. The standard InChI is InChI=1S/C60H84ClN11O11S2/c1-41-12-11-13-47(61)53(41)69-57(76)49-37-63-59(85-49)67-50-35-51(66-43(3)65-50)71-21-19-70(20-22-71)18-9-7-8-10-23-78-24-25-79-26-27-80-28-29-81-30-31-82-32-33-83-39-52(74)68-55(60(4,5)6)58(77)72-38-46(73)34-48(72)56(75)62-36-44-14-16-45(17-15-44)54-42(2)64-40-84-54/h11-17,35,37,40,46,48,55,73H,7-10,18-34,36,38-39H2,1-6H3,(H,62,75)(H,68,74)(H,69,76)(H,63,65,66,67)/t46-,48+,55?/m1/s1. The highest BCUT2D eigenvalue weighted by atomic mass is 35.5. The fourth-order valence-corrected chi connectivity index (χ4v) is 11.4. The van der Waals surface area contributed by atoms with E-state index in [0.717, 1.165) is 91.5 Å². The fourth-order valence-electron chi connectivity index (χ4n) is 9.63. The van der Waals surface area contributed by atoms with Crippen LogP contribution in [-0.2, 0) is 49.3 Å². The second kappa shape index (κ2) is 34.5. The summed E-state index contributed by atoms with van der Waals surface area (Å²) < 4.78 is 33.7. The van der Waals surface area contributed by atoms with Crippen LogP contribution < -0.4 is 26.2 Å². The van der Waals surface area contributed by atoms with E-state index >= 15 is 0 Å².